The van der Waals surface area contributed by atoms with Gasteiger partial charge in [0.25, 0.3) is 0 Å². The molecule has 1 aliphatic heterocycles. The number of aliphatic imine (C=N–C) groups is 1. The van der Waals surface area contributed by atoms with Crippen LogP contribution in [0.25, 0.3) is 0 Å². The third kappa shape index (κ3) is 1.42. The van der Waals surface area contributed by atoms with Gasteiger partial charge in [-0.3, -0.25) is 10.4 Å². The molecule has 0 bridgehead atoms. The molecule has 0 radical (unpaired) electrons. The van der Waals surface area contributed by atoms with Gasteiger partial charge in [-0.25, -0.2) is 4.99 Å². The molecule has 0 spiro atoms. The molecule has 4 nitrogen and oxygen atoms in total. The van der Waals surface area contributed by atoms with Gasteiger partial charge in [0.1, 0.15) is 12.5 Å². The zero-order valence-corrected chi connectivity index (χ0v) is 7.44. The monoisotopic (exact) mass is 176 g/mol. The van der Waals surface area contributed by atoms with Crippen LogP contribution in [0.4, 0.5) is 11.4 Å². The highest BCUT2D eigenvalue weighted by Crippen LogP contribution is 2.18. The van der Waals surface area contributed by atoms with Crippen LogP contribution in [-0.2, 0) is 0 Å². The molecular formula is C9H12N4. The van der Waals surface area contributed by atoms with Gasteiger partial charge in [-0.15, -0.1) is 0 Å². The van der Waals surface area contributed by atoms with Crippen molar-refractivity contribution in [2.45, 2.75) is 13.1 Å². The Hall–Kier alpha value is -1.71. The maximum absolute atomic E-state index is 5.59. The summed E-state index contributed by atoms with van der Waals surface area (Å²) < 4.78 is 0. The highest BCUT2D eigenvalue weighted by molar-refractivity contribution is 5.65. The lowest BCUT2D eigenvalue weighted by Gasteiger charge is -2.21. The summed E-state index contributed by atoms with van der Waals surface area (Å²) in [7, 11) is 0. The first kappa shape index (κ1) is 7.91. The predicted molar refractivity (Wildman–Crippen MR) is 54.4 cm³/mol. The summed E-state index contributed by atoms with van der Waals surface area (Å²) in [5.74, 6) is 0. The molecule has 0 fully saturated rings. The van der Waals surface area contributed by atoms with Gasteiger partial charge in [-0.2, -0.15) is 0 Å². The Morgan fingerprint density at radius 1 is 1.38 bits per heavy atom. The van der Waals surface area contributed by atoms with Crippen LogP contribution in [0.15, 0.2) is 29.3 Å². The number of nitrogens with zero attached hydrogens (tertiary/aromatic N) is 2. The Bertz CT molecular complexity index is 317. The smallest absolute Gasteiger partial charge is 0.139 e. The number of nitrogen functional groups attached to an aromatic ring is 1. The highest BCUT2D eigenvalue weighted by Gasteiger charge is 2.15. The normalized spacial score (nSPS) is 20.4. The van der Waals surface area contributed by atoms with Crippen molar-refractivity contribution >= 4 is 17.7 Å². The van der Waals surface area contributed by atoms with Gasteiger partial charge in [0.15, 0.2) is 0 Å². The van der Waals surface area contributed by atoms with Crippen molar-refractivity contribution in [2.75, 3.05) is 10.7 Å². The van der Waals surface area contributed by atoms with E-state index < -0.39 is 0 Å². The van der Waals surface area contributed by atoms with Gasteiger partial charge in [-0.1, -0.05) is 0 Å². The van der Waals surface area contributed by atoms with Crippen LogP contribution in [0.2, 0.25) is 0 Å². The molecule has 3 N–H and O–H groups in total. The van der Waals surface area contributed by atoms with E-state index in [9.17, 15) is 0 Å². The largest absolute Gasteiger partial charge is 0.399 e. The van der Waals surface area contributed by atoms with E-state index >= 15 is 0 Å². The fraction of sp³-hybridized carbons (Fsp3) is 0.222. The topological polar surface area (TPSA) is 53.7 Å². The Morgan fingerprint density at radius 3 is 2.62 bits per heavy atom. The summed E-state index contributed by atoms with van der Waals surface area (Å²) in [5, 5.41) is 1.97. The van der Waals surface area contributed by atoms with Crippen LogP contribution in [-0.4, -0.2) is 12.5 Å². The molecule has 1 aliphatic rings. The fourth-order valence-corrected chi connectivity index (χ4v) is 1.30. The van der Waals surface area contributed by atoms with E-state index in [2.05, 4.69) is 10.4 Å². The van der Waals surface area contributed by atoms with Gasteiger partial charge < -0.3 is 5.73 Å². The van der Waals surface area contributed by atoms with Crippen LogP contribution in [0.1, 0.15) is 6.92 Å². The first-order chi connectivity index (χ1) is 6.27. The van der Waals surface area contributed by atoms with Crippen LogP contribution >= 0.6 is 0 Å². The Morgan fingerprint density at radius 2 is 2.08 bits per heavy atom. The number of hydrogen-bond donors (Lipinski definition) is 2. The molecule has 0 aromatic heterocycles. The van der Waals surface area contributed by atoms with E-state index in [4.69, 9.17) is 5.73 Å². The second kappa shape index (κ2) is 2.97. The lowest BCUT2D eigenvalue weighted by atomic mass is 10.3. The van der Waals surface area contributed by atoms with E-state index in [0.29, 0.717) is 0 Å². The maximum atomic E-state index is 5.59. The van der Waals surface area contributed by atoms with Crippen molar-refractivity contribution in [3.05, 3.63) is 24.3 Å². The standard InChI is InChI=1S/C9H12N4/c1-7-11-6-12-13(7)9-4-2-8(10)3-5-9/h2-7H,10H2,1H3,(H,11,12). The zero-order valence-electron chi connectivity index (χ0n) is 7.44. The summed E-state index contributed by atoms with van der Waals surface area (Å²) in [5.41, 5.74) is 10.5. The van der Waals surface area contributed by atoms with Gasteiger partial charge in [0.05, 0.1) is 5.69 Å². The van der Waals surface area contributed by atoms with Crippen LogP contribution in [0.3, 0.4) is 0 Å². The van der Waals surface area contributed by atoms with Crippen molar-refractivity contribution < 1.29 is 0 Å². The molecule has 1 atom stereocenters. The lowest BCUT2D eigenvalue weighted by molar-refractivity contribution is 0.688. The summed E-state index contributed by atoms with van der Waals surface area (Å²) in [6.45, 7) is 2.02. The second-order valence-electron chi connectivity index (χ2n) is 3.00. The molecule has 2 rings (SSSR count). The molecule has 1 aromatic rings. The summed E-state index contributed by atoms with van der Waals surface area (Å²) >= 11 is 0. The Labute approximate surface area is 77.0 Å². The Balaban J connectivity index is 2.21. The number of nitrogens with two attached hydrogens (primary N) is 1. The van der Waals surface area contributed by atoms with E-state index in [-0.39, 0.29) is 6.17 Å². The molecule has 0 saturated carbocycles. The molecule has 1 aromatic carbocycles. The number of hydrazine groups is 1. The number of rotatable bonds is 1. The summed E-state index contributed by atoms with van der Waals surface area (Å²) in [4.78, 5) is 4.17. The molecule has 1 heterocycles. The molecule has 13 heavy (non-hydrogen) atoms. The maximum Gasteiger partial charge on any atom is 0.139 e. The molecule has 0 aliphatic carbocycles. The Kier molecular flexibility index (Phi) is 1.81. The zero-order chi connectivity index (χ0) is 9.26. The van der Waals surface area contributed by atoms with E-state index in [1.54, 1.807) is 6.34 Å². The predicted octanol–water partition coefficient (Wildman–Crippen LogP) is 0.968. The lowest BCUT2D eigenvalue weighted by Crippen LogP contribution is -2.36. The van der Waals surface area contributed by atoms with E-state index in [1.165, 1.54) is 0 Å². The number of anilines is 2. The minimum absolute atomic E-state index is 0.142. The quantitative estimate of drug-likeness (QED) is 0.627. The van der Waals surface area contributed by atoms with Gasteiger partial charge in [0, 0.05) is 5.69 Å². The molecule has 4 heteroatoms. The van der Waals surface area contributed by atoms with Crippen LogP contribution < -0.4 is 16.2 Å². The van der Waals surface area contributed by atoms with Gasteiger partial charge >= 0.3 is 0 Å². The highest BCUT2D eigenvalue weighted by atomic mass is 15.6. The van der Waals surface area contributed by atoms with Crippen molar-refractivity contribution in [2.24, 2.45) is 4.99 Å². The minimum atomic E-state index is 0.142. The van der Waals surface area contributed by atoms with Crippen molar-refractivity contribution in [3.63, 3.8) is 0 Å². The molecule has 0 saturated heterocycles. The van der Waals surface area contributed by atoms with Crippen LogP contribution in [0, 0.1) is 0 Å². The SMILES string of the molecule is CC1N=CNN1c1ccc(N)cc1. The summed E-state index contributed by atoms with van der Waals surface area (Å²) in [6, 6.07) is 7.69. The number of benzene rings is 1. The first-order valence-electron chi connectivity index (χ1n) is 4.20. The average Bonchev–Trinajstić information content (AvgIpc) is 2.53. The van der Waals surface area contributed by atoms with E-state index in [1.807, 2.05) is 36.2 Å². The minimum Gasteiger partial charge on any atom is -0.399 e. The third-order valence-corrected chi connectivity index (χ3v) is 2.03. The fourth-order valence-electron chi connectivity index (χ4n) is 1.30. The van der Waals surface area contributed by atoms with Crippen molar-refractivity contribution in [1.82, 2.24) is 5.43 Å². The van der Waals surface area contributed by atoms with Crippen LogP contribution in [0.5, 0.6) is 0 Å². The molecule has 1 unspecified atom stereocenters. The van der Waals surface area contributed by atoms with Crippen molar-refractivity contribution in [3.8, 4) is 0 Å². The molecular weight excluding hydrogens is 164 g/mol. The van der Waals surface area contributed by atoms with E-state index in [0.717, 1.165) is 11.4 Å². The number of nitrogens with one attached hydrogen (secondary N) is 1. The number of hydrogen-bond acceptors (Lipinski definition) is 4. The first-order valence-corrected chi connectivity index (χ1v) is 4.20. The molecule has 68 valence electrons. The summed E-state index contributed by atoms with van der Waals surface area (Å²) in [6.07, 6.45) is 1.84. The van der Waals surface area contributed by atoms with Crippen molar-refractivity contribution in [1.29, 1.82) is 0 Å². The average molecular weight is 176 g/mol. The third-order valence-electron chi connectivity index (χ3n) is 2.03. The van der Waals surface area contributed by atoms with Gasteiger partial charge in [-0.05, 0) is 31.2 Å². The van der Waals surface area contributed by atoms with Gasteiger partial charge in [0.2, 0.25) is 0 Å². The second-order valence-corrected chi connectivity index (χ2v) is 3.00. The molecule has 0 amide bonds.